The van der Waals surface area contributed by atoms with Crippen molar-refractivity contribution in [1.29, 1.82) is 0 Å². The standard InChI is InChI=1S/C23H25ClN2O4/c1-29-20-8-7-18(24)13-19(20)22(28)25-11-9-21(27)26(14-17-5-3-2-4-6-17)23(15-25)10-12-30-16-23/h2-8,13H,9-12,14-16H2,1H3. The summed E-state index contributed by atoms with van der Waals surface area (Å²) >= 11 is 6.14. The maximum absolute atomic E-state index is 13.4. The second-order valence-electron chi connectivity index (χ2n) is 7.81. The maximum atomic E-state index is 13.4. The highest BCUT2D eigenvalue weighted by atomic mass is 35.5. The van der Waals surface area contributed by atoms with Crippen LogP contribution < -0.4 is 4.74 Å². The normalized spacial score (nSPS) is 21.7. The number of carbonyl (C=O) groups is 2. The zero-order valence-electron chi connectivity index (χ0n) is 17.0. The fourth-order valence-electron chi connectivity index (χ4n) is 4.30. The Morgan fingerprint density at radius 2 is 2.03 bits per heavy atom. The van der Waals surface area contributed by atoms with Crippen LogP contribution in [-0.4, -0.2) is 60.6 Å². The van der Waals surface area contributed by atoms with E-state index >= 15 is 0 Å². The van der Waals surface area contributed by atoms with Crippen LogP contribution in [0, 0.1) is 0 Å². The number of methoxy groups -OCH3 is 1. The lowest BCUT2D eigenvalue weighted by Crippen LogP contribution is -2.56. The van der Waals surface area contributed by atoms with Crippen LogP contribution >= 0.6 is 11.6 Å². The molecule has 2 aromatic carbocycles. The number of rotatable bonds is 4. The molecule has 30 heavy (non-hydrogen) atoms. The SMILES string of the molecule is COc1ccc(Cl)cc1C(=O)N1CCC(=O)N(Cc2ccccc2)C2(CCOC2)C1. The molecule has 0 saturated carbocycles. The van der Waals surface area contributed by atoms with Gasteiger partial charge in [-0.3, -0.25) is 9.59 Å². The Morgan fingerprint density at radius 3 is 2.73 bits per heavy atom. The van der Waals surface area contributed by atoms with Crippen molar-refractivity contribution in [2.24, 2.45) is 0 Å². The molecule has 2 heterocycles. The molecular weight excluding hydrogens is 404 g/mol. The van der Waals surface area contributed by atoms with Crippen molar-refractivity contribution in [2.75, 3.05) is 33.4 Å². The van der Waals surface area contributed by atoms with Crippen molar-refractivity contribution in [3.05, 3.63) is 64.7 Å². The van der Waals surface area contributed by atoms with Crippen LogP contribution in [0.1, 0.15) is 28.8 Å². The highest BCUT2D eigenvalue weighted by Gasteiger charge is 2.47. The molecule has 0 aliphatic carbocycles. The van der Waals surface area contributed by atoms with Crippen molar-refractivity contribution in [2.45, 2.75) is 24.9 Å². The molecule has 0 N–H and O–H groups in total. The second-order valence-corrected chi connectivity index (χ2v) is 8.25. The molecule has 0 radical (unpaired) electrons. The number of nitrogens with zero attached hydrogens (tertiary/aromatic N) is 2. The number of benzene rings is 2. The van der Waals surface area contributed by atoms with E-state index in [0.29, 0.717) is 55.6 Å². The van der Waals surface area contributed by atoms with E-state index in [1.165, 1.54) is 7.11 Å². The lowest BCUT2D eigenvalue weighted by molar-refractivity contribution is -0.137. The van der Waals surface area contributed by atoms with E-state index in [1.807, 2.05) is 35.2 Å². The van der Waals surface area contributed by atoms with Crippen LogP contribution in [0.15, 0.2) is 48.5 Å². The average molecular weight is 429 g/mol. The number of ether oxygens (including phenoxy) is 2. The lowest BCUT2D eigenvalue weighted by atomic mass is 9.94. The molecule has 6 nitrogen and oxygen atoms in total. The highest BCUT2D eigenvalue weighted by molar-refractivity contribution is 6.31. The van der Waals surface area contributed by atoms with Crippen LogP contribution in [0.3, 0.4) is 0 Å². The Hall–Kier alpha value is -2.57. The number of halogens is 1. The molecule has 0 aromatic heterocycles. The number of amides is 2. The smallest absolute Gasteiger partial charge is 0.257 e. The van der Waals surface area contributed by atoms with Gasteiger partial charge in [0, 0.05) is 37.7 Å². The van der Waals surface area contributed by atoms with Gasteiger partial charge in [-0.05, 0) is 30.2 Å². The first-order chi connectivity index (χ1) is 14.5. The van der Waals surface area contributed by atoms with Gasteiger partial charge in [-0.25, -0.2) is 0 Å². The first kappa shape index (κ1) is 20.7. The molecule has 0 bridgehead atoms. The first-order valence-electron chi connectivity index (χ1n) is 10.1. The summed E-state index contributed by atoms with van der Waals surface area (Å²) in [5, 5.41) is 0.467. The molecule has 2 amide bonds. The predicted octanol–water partition coefficient (Wildman–Crippen LogP) is 3.38. The molecule has 2 aliphatic rings. The quantitative estimate of drug-likeness (QED) is 0.749. The minimum Gasteiger partial charge on any atom is -0.496 e. The minimum atomic E-state index is -0.537. The minimum absolute atomic E-state index is 0.0395. The average Bonchev–Trinajstić information content (AvgIpc) is 3.19. The summed E-state index contributed by atoms with van der Waals surface area (Å²) in [4.78, 5) is 30.2. The summed E-state index contributed by atoms with van der Waals surface area (Å²) in [7, 11) is 1.53. The third-order valence-corrected chi connectivity index (χ3v) is 6.13. The Bertz CT molecular complexity index is 928. The second kappa shape index (κ2) is 8.66. The van der Waals surface area contributed by atoms with Gasteiger partial charge in [0.25, 0.3) is 5.91 Å². The number of carbonyl (C=O) groups excluding carboxylic acids is 2. The van der Waals surface area contributed by atoms with E-state index in [-0.39, 0.29) is 18.2 Å². The fourth-order valence-corrected chi connectivity index (χ4v) is 4.47. The summed E-state index contributed by atoms with van der Waals surface area (Å²) in [5.41, 5.74) is 0.932. The third-order valence-electron chi connectivity index (χ3n) is 5.90. The monoisotopic (exact) mass is 428 g/mol. The van der Waals surface area contributed by atoms with Crippen molar-refractivity contribution in [3.8, 4) is 5.75 Å². The number of hydrogen-bond donors (Lipinski definition) is 0. The lowest BCUT2D eigenvalue weighted by Gasteiger charge is -2.40. The van der Waals surface area contributed by atoms with Gasteiger partial charge in [0.05, 0.1) is 24.8 Å². The van der Waals surface area contributed by atoms with E-state index in [2.05, 4.69) is 0 Å². The highest BCUT2D eigenvalue weighted by Crippen LogP contribution is 2.33. The Morgan fingerprint density at radius 1 is 1.23 bits per heavy atom. The van der Waals surface area contributed by atoms with Crippen molar-refractivity contribution >= 4 is 23.4 Å². The molecule has 4 rings (SSSR count). The molecule has 7 heteroatoms. The molecule has 2 aromatic rings. The van der Waals surface area contributed by atoms with Gasteiger partial charge in [-0.1, -0.05) is 41.9 Å². The summed E-state index contributed by atoms with van der Waals surface area (Å²) in [6, 6.07) is 14.9. The molecule has 1 atom stereocenters. The summed E-state index contributed by atoms with van der Waals surface area (Å²) in [5.74, 6) is 0.325. The van der Waals surface area contributed by atoms with Gasteiger partial charge >= 0.3 is 0 Å². The number of hydrogen-bond acceptors (Lipinski definition) is 4. The zero-order valence-corrected chi connectivity index (χ0v) is 17.7. The van der Waals surface area contributed by atoms with Gasteiger partial charge in [0.15, 0.2) is 0 Å². The molecule has 2 fully saturated rings. The summed E-state index contributed by atoms with van der Waals surface area (Å²) in [6.07, 6.45) is 0.964. The van der Waals surface area contributed by atoms with E-state index in [4.69, 9.17) is 21.1 Å². The molecule has 2 aliphatic heterocycles. The van der Waals surface area contributed by atoms with Crippen LogP contribution in [0.5, 0.6) is 5.75 Å². The van der Waals surface area contributed by atoms with E-state index in [1.54, 1.807) is 23.1 Å². The molecule has 1 unspecified atom stereocenters. The summed E-state index contributed by atoms with van der Waals surface area (Å²) in [6.45, 7) is 2.26. The van der Waals surface area contributed by atoms with E-state index in [0.717, 1.165) is 5.56 Å². The molecule has 1 spiro atoms. The molecule has 158 valence electrons. The van der Waals surface area contributed by atoms with Crippen molar-refractivity contribution in [3.63, 3.8) is 0 Å². The molecular formula is C23H25ClN2O4. The zero-order chi connectivity index (χ0) is 21.1. The van der Waals surface area contributed by atoms with Crippen LogP contribution in [0.2, 0.25) is 5.02 Å². The largest absolute Gasteiger partial charge is 0.496 e. The third kappa shape index (κ3) is 4.02. The van der Waals surface area contributed by atoms with Gasteiger partial charge in [0.1, 0.15) is 5.75 Å². The Balaban J connectivity index is 1.65. The van der Waals surface area contributed by atoms with Gasteiger partial charge in [-0.2, -0.15) is 0 Å². The van der Waals surface area contributed by atoms with Crippen LogP contribution in [0.25, 0.3) is 0 Å². The van der Waals surface area contributed by atoms with Crippen molar-refractivity contribution in [1.82, 2.24) is 9.80 Å². The van der Waals surface area contributed by atoms with Gasteiger partial charge in [0.2, 0.25) is 5.91 Å². The van der Waals surface area contributed by atoms with Crippen LogP contribution in [-0.2, 0) is 16.1 Å². The van der Waals surface area contributed by atoms with Gasteiger partial charge < -0.3 is 19.3 Å². The topological polar surface area (TPSA) is 59.1 Å². The Kier molecular flexibility index (Phi) is 5.97. The van der Waals surface area contributed by atoms with Crippen molar-refractivity contribution < 1.29 is 19.1 Å². The Labute approximate surface area is 181 Å². The molecule has 2 saturated heterocycles. The van der Waals surface area contributed by atoms with E-state index < -0.39 is 5.54 Å². The van der Waals surface area contributed by atoms with Gasteiger partial charge in [-0.15, -0.1) is 0 Å². The fraction of sp³-hybridized carbons (Fsp3) is 0.391. The predicted molar refractivity (Wildman–Crippen MR) is 114 cm³/mol. The summed E-state index contributed by atoms with van der Waals surface area (Å²) < 4.78 is 11.1. The first-order valence-corrected chi connectivity index (χ1v) is 10.5. The van der Waals surface area contributed by atoms with Crippen LogP contribution in [0.4, 0.5) is 0 Å². The van der Waals surface area contributed by atoms with E-state index in [9.17, 15) is 9.59 Å². The maximum Gasteiger partial charge on any atom is 0.257 e.